The van der Waals surface area contributed by atoms with E-state index in [1.165, 1.54) is 12.1 Å². The molecule has 0 fully saturated rings. The third-order valence-electron chi connectivity index (χ3n) is 2.07. The number of rotatable bonds is 4. The van der Waals surface area contributed by atoms with E-state index >= 15 is 0 Å². The van der Waals surface area contributed by atoms with E-state index in [9.17, 15) is 9.18 Å². The summed E-state index contributed by atoms with van der Waals surface area (Å²) in [5, 5.41) is 0. The summed E-state index contributed by atoms with van der Waals surface area (Å²) in [5.41, 5.74) is 0.924. The van der Waals surface area contributed by atoms with Crippen molar-refractivity contribution in [3.63, 3.8) is 0 Å². The summed E-state index contributed by atoms with van der Waals surface area (Å²) in [6.45, 7) is 2.24. The summed E-state index contributed by atoms with van der Waals surface area (Å²) in [4.78, 5) is 12.7. The second-order valence-electron chi connectivity index (χ2n) is 3.35. The van der Waals surface area contributed by atoms with Gasteiger partial charge in [0.1, 0.15) is 11.6 Å². The predicted octanol–water partition coefficient (Wildman–Crippen LogP) is 2.24. The molecule has 0 amide bonds. The first-order valence-electron chi connectivity index (χ1n) is 4.56. The lowest BCUT2D eigenvalue weighted by Crippen LogP contribution is -2.20. The SMILES string of the molecule is CC(=O)CCN(C)c1ccc(F)cc1. The molecule has 2 nitrogen and oxygen atoms in total. The number of anilines is 1. The van der Waals surface area contributed by atoms with Gasteiger partial charge in [-0.3, -0.25) is 4.79 Å². The Labute approximate surface area is 83.3 Å². The highest BCUT2D eigenvalue weighted by Crippen LogP contribution is 2.12. The largest absolute Gasteiger partial charge is 0.374 e. The van der Waals surface area contributed by atoms with Gasteiger partial charge in [-0.05, 0) is 31.2 Å². The van der Waals surface area contributed by atoms with Gasteiger partial charge in [0.05, 0.1) is 0 Å². The molecule has 0 spiro atoms. The van der Waals surface area contributed by atoms with Gasteiger partial charge in [-0.15, -0.1) is 0 Å². The topological polar surface area (TPSA) is 20.3 Å². The number of hydrogen-bond donors (Lipinski definition) is 0. The van der Waals surface area contributed by atoms with E-state index in [2.05, 4.69) is 0 Å². The van der Waals surface area contributed by atoms with Crippen LogP contribution in [0.2, 0.25) is 0 Å². The molecule has 0 aliphatic rings. The van der Waals surface area contributed by atoms with Crippen LogP contribution in [0.5, 0.6) is 0 Å². The van der Waals surface area contributed by atoms with Crippen LogP contribution >= 0.6 is 0 Å². The number of halogens is 1. The van der Waals surface area contributed by atoms with E-state index in [1.807, 2.05) is 11.9 Å². The predicted molar refractivity (Wildman–Crippen MR) is 55.0 cm³/mol. The van der Waals surface area contributed by atoms with E-state index in [0.29, 0.717) is 13.0 Å². The molecule has 1 aromatic rings. The zero-order valence-electron chi connectivity index (χ0n) is 8.46. The molecule has 0 saturated carbocycles. The van der Waals surface area contributed by atoms with Gasteiger partial charge in [0, 0.05) is 25.7 Å². The van der Waals surface area contributed by atoms with Gasteiger partial charge in [0.25, 0.3) is 0 Å². The molecule has 1 aromatic carbocycles. The second kappa shape index (κ2) is 4.74. The molecule has 0 radical (unpaired) electrons. The van der Waals surface area contributed by atoms with Crippen molar-refractivity contribution in [3.8, 4) is 0 Å². The van der Waals surface area contributed by atoms with E-state index in [4.69, 9.17) is 0 Å². The first-order chi connectivity index (χ1) is 6.59. The zero-order chi connectivity index (χ0) is 10.6. The van der Waals surface area contributed by atoms with Crippen LogP contribution in [0.1, 0.15) is 13.3 Å². The van der Waals surface area contributed by atoms with Gasteiger partial charge in [0.15, 0.2) is 0 Å². The van der Waals surface area contributed by atoms with Crippen LogP contribution in [-0.2, 0) is 4.79 Å². The molecule has 14 heavy (non-hydrogen) atoms. The number of Topliss-reactive ketones (excluding diaryl/α,β-unsaturated/α-hetero) is 1. The Morgan fingerprint density at radius 3 is 2.43 bits per heavy atom. The van der Waals surface area contributed by atoms with Crippen molar-refractivity contribution in [2.75, 3.05) is 18.5 Å². The molecule has 0 bridgehead atoms. The van der Waals surface area contributed by atoms with Crippen LogP contribution in [0.15, 0.2) is 24.3 Å². The second-order valence-corrected chi connectivity index (χ2v) is 3.35. The van der Waals surface area contributed by atoms with Crippen molar-refractivity contribution in [2.45, 2.75) is 13.3 Å². The van der Waals surface area contributed by atoms with E-state index in [0.717, 1.165) is 5.69 Å². The van der Waals surface area contributed by atoms with Gasteiger partial charge in [-0.1, -0.05) is 0 Å². The maximum absolute atomic E-state index is 12.6. The third-order valence-corrected chi connectivity index (χ3v) is 2.07. The Hall–Kier alpha value is -1.38. The summed E-state index contributed by atoms with van der Waals surface area (Å²) in [7, 11) is 1.89. The summed E-state index contributed by atoms with van der Waals surface area (Å²) < 4.78 is 12.6. The van der Waals surface area contributed by atoms with Crippen molar-refractivity contribution in [1.29, 1.82) is 0 Å². The van der Waals surface area contributed by atoms with Crippen molar-refractivity contribution in [2.24, 2.45) is 0 Å². The lowest BCUT2D eigenvalue weighted by molar-refractivity contribution is -0.116. The minimum absolute atomic E-state index is 0.166. The van der Waals surface area contributed by atoms with Crippen LogP contribution in [0.4, 0.5) is 10.1 Å². The Bertz CT molecular complexity index is 308. The van der Waals surface area contributed by atoms with Gasteiger partial charge in [0.2, 0.25) is 0 Å². The first kappa shape index (κ1) is 10.7. The fourth-order valence-corrected chi connectivity index (χ4v) is 1.15. The molecule has 0 aliphatic carbocycles. The maximum Gasteiger partial charge on any atom is 0.131 e. The highest BCUT2D eigenvalue weighted by Gasteiger charge is 2.01. The molecular weight excluding hydrogens is 181 g/mol. The van der Waals surface area contributed by atoms with Crippen LogP contribution in [0.3, 0.4) is 0 Å². The average molecular weight is 195 g/mol. The van der Waals surface area contributed by atoms with Crippen molar-refractivity contribution in [1.82, 2.24) is 0 Å². The molecule has 76 valence electrons. The quantitative estimate of drug-likeness (QED) is 0.734. The fraction of sp³-hybridized carbons (Fsp3) is 0.364. The fourth-order valence-electron chi connectivity index (χ4n) is 1.15. The number of carbonyl (C=O) groups is 1. The Kier molecular flexibility index (Phi) is 3.63. The van der Waals surface area contributed by atoms with E-state index in [1.54, 1.807) is 19.1 Å². The monoisotopic (exact) mass is 195 g/mol. The first-order valence-corrected chi connectivity index (χ1v) is 4.56. The van der Waals surface area contributed by atoms with Gasteiger partial charge in [-0.2, -0.15) is 0 Å². The summed E-state index contributed by atoms with van der Waals surface area (Å²) in [6.07, 6.45) is 0.522. The van der Waals surface area contributed by atoms with Crippen molar-refractivity contribution < 1.29 is 9.18 Å². The van der Waals surface area contributed by atoms with E-state index in [-0.39, 0.29) is 11.6 Å². The Balaban J connectivity index is 2.56. The lowest BCUT2D eigenvalue weighted by atomic mass is 10.2. The number of benzene rings is 1. The Morgan fingerprint density at radius 1 is 1.36 bits per heavy atom. The summed E-state index contributed by atoms with van der Waals surface area (Å²) >= 11 is 0. The van der Waals surface area contributed by atoms with Crippen LogP contribution in [0, 0.1) is 5.82 Å². The molecule has 0 saturated heterocycles. The molecule has 0 N–H and O–H groups in total. The molecule has 3 heteroatoms. The van der Waals surface area contributed by atoms with Crippen molar-refractivity contribution in [3.05, 3.63) is 30.1 Å². The minimum atomic E-state index is -0.242. The lowest BCUT2D eigenvalue weighted by Gasteiger charge is -2.18. The third kappa shape index (κ3) is 3.17. The standard InChI is InChI=1S/C11H14FNO/c1-9(14)7-8-13(2)11-5-3-10(12)4-6-11/h3-6H,7-8H2,1-2H3. The number of nitrogens with zero attached hydrogens (tertiary/aromatic N) is 1. The van der Waals surface area contributed by atoms with Crippen LogP contribution in [-0.4, -0.2) is 19.4 Å². The molecular formula is C11H14FNO. The zero-order valence-corrected chi connectivity index (χ0v) is 8.46. The summed E-state index contributed by atoms with van der Waals surface area (Å²) in [5.74, 6) is -0.0762. The summed E-state index contributed by atoms with van der Waals surface area (Å²) in [6, 6.07) is 6.24. The van der Waals surface area contributed by atoms with E-state index < -0.39 is 0 Å². The van der Waals surface area contributed by atoms with Gasteiger partial charge < -0.3 is 4.90 Å². The highest BCUT2D eigenvalue weighted by atomic mass is 19.1. The van der Waals surface area contributed by atoms with Crippen LogP contribution < -0.4 is 4.90 Å². The normalized spacial score (nSPS) is 9.93. The average Bonchev–Trinajstić information content (AvgIpc) is 2.15. The van der Waals surface area contributed by atoms with Crippen LogP contribution in [0.25, 0.3) is 0 Å². The van der Waals surface area contributed by atoms with Gasteiger partial charge >= 0.3 is 0 Å². The molecule has 0 aliphatic heterocycles. The Morgan fingerprint density at radius 2 is 1.93 bits per heavy atom. The van der Waals surface area contributed by atoms with Crippen molar-refractivity contribution >= 4 is 11.5 Å². The molecule has 0 heterocycles. The number of hydrogen-bond acceptors (Lipinski definition) is 2. The number of carbonyl (C=O) groups excluding carboxylic acids is 1. The maximum atomic E-state index is 12.6. The molecule has 0 aromatic heterocycles. The molecule has 1 rings (SSSR count). The van der Waals surface area contributed by atoms with Gasteiger partial charge in [-0.25, -0.2) is 4.39 Å². The smallest absolute Gasteiger partial charge is 0.131 e. The molecule has 0 unspecified atom stereocenters. The highest BCUT2D eigenvalue weighted by molar-refractivity contribution is 5.76. The number of ketones is 1. The molecule has 0 atom stereocenters. The minimum Gasteiger partial charge on any atom is -0.374 e.